The van der Waals surface area contributed by atoms with E-state index in [4.69, 9.17) is 0 Å². The SMILES string of the molecule is CCC(CC)C(C)N1CNC2(CC2)C1=O. The normalized spacial score (nSPS) is 25.3. The Bertz CT molecular complexity index is 256. The van der Waals surface area contributed by atoms with Crippen LogP contribution in [-0.2, 0) is 4.79 Å². The van der Waals surface area contributed by atoms with Crippen LogP contribution in [0.5, 0.6) is 0 Å². The van der Waals surface area contributed by atoms with Crippen molar-refractivity contribution in [2.24, 2.45) is 5.92 Å². The number of carbonyl (C=O) groups is 1. The maximum absolute atomic E-state index is 12.1. The number of amides is 1. The maximum Gasteiger partial charge on any atom is 0.244 e. The van der Waals surface area contributed by atoms with Gasteiger partial charge in [-0.05, 0) is 25.7 Å². The average molecular weight is 210 g/mol. The van der Waals surface area contributed by atoms with Gasteiger partial charge in [-0.1, -0.05) is 26.7 Å². The number of rotatable bonds is 4. The topological polar surface area (TPSA) is 32.3 Å². The minimum atomic E-state index is -0.125. The molecule has 1 saturated carbocycles. The molecule has 0 radical (unpaired) electrons. The minimum Gasteiger partial charge on any atom is -0.325 e. The Morgan fingerprint density at radius 3 is 2.40 bits per heavy atom. The molecular weight excluding hydrogens is 188 g/mol. The van der Waals surface area contributed by atoms with Crippen LogP contribution in [0.3, 0.4) is 0 Å². The summed E-state index contributed by atoms with van der Waals surface area (Å²) in [6, 6.07) is 0.389. The summed E-state index contributed by atoms with van der Waals surface area (Å²) in [6.45, 7) is 7.38. The van der Waals surface area contributed by atoms with Crippen LogP contribution < -0.4 is 5.32 Å². The van der Waals surface area contributed by atoms with E-state index in [2.05, 4.69) is 26.1 Å². The molecule has 0 aromatic rings. The van der Waals surface area contributed by atoms with Crippen molar-refractivity contribution in [3.05, 3.63) is 0 Å². The Labute approximate surface area is 92.2 Å². The zero-order valence-electron chi connectivity index (χ0n) is 10.0. The first kappa shape index (κ1) is 10.9. The Kier molecular flexibility index (Phi) is 2.75. The van der Waals surface area contributed by atoms with Gasteiger partial charge in [0.25, 0.3) is 0 Å². The van der Waals surface area contributed by atoms with Gasteiger partial charge >= 0.3 is 0 Å². The van der Waals surface area contributed by atoms with Gasteiger partial charge < -0.3 is 4.90 Å². The maximum atomic E-state index is 12.1. The van der Waals surface area contributed by atoms with Crippen molar-refractivity contribution in [2.45, 2.75) is 58.0 Å². The van der Waals surface area contributed by atoms with Crippen molar-refractivity contribution in [1.82, 2.24) is 10.2 Å². The summed E-state index contributed by atoms with van der Waals surface area (Å²) in [4.78, 5) is 14.2. The number of hydrogen-bond acceptors (Lipinski definition) is 2. The lowest BCUT2D eigenvalue weighted by atomic mass is 9.94. The Morgan fingerprint density at radius 2 is 2.00 bits per heavy atom. The first-order valence-corrected chi connectivity index (χ1v) is 6.20. The van der Waals surface area contributed by atoms with E-state index in [9.17, 15) is 4.79 Å². The van der Waals surface area contributed by atoms with E-state index >= 15 is 0 Å². The van der Waals surface area contributed by atoms with Gasteiger partial charge in [0.15, 0.2) is 0 Å². The zero-order valence-corrected chi connectivity index (χ0v) is 10.0. The monoisotopic (exact) mass is 210 g/mol. The lowest BCUT2D eigenvalue weighted by Gasteiger charge is -2.30. The third kappa shape index (κ3) is 1.67. The van der Waals surface area contributed by atoms with Gasteiger partial charge in [0, 0.05) is 6.04 Å². The summed E-state index contributed by atoms with van der Waals surface area (Å²) in [5.74, 6) is 0.992. The van der Waals surface area contributed by atoms with E-state index in [1.165, 1.54) is 0 Å². The van der Waals surface area contributed by atoms with E-state index in [1.54, 1.807) is 0 Å². The smallest absolute Gasteiger partial charge is 0.244 e. The molecule has 2 rings (SSSR count). The van der Waals surface area contributed by atoms with Crippen LogP contribution in [0.2, 0.25) is 0 Å². The summed E-state index contributed by atoms with van der Waals surface area (Å²) >= 11 is 0. The highest BCUT2D eigenvalue weighted by Crippen LogP contribution is 2.41. The second kappa shape index (κ2) is 3.78. The second-order valence-corrected chi connectivity index (χ2v) is 5.01. The molecule has 2 fully saturated rings. The summed E-state index contributed by atoms with van der Waals surface area (Å²) in [7, 11) is 0. The highest BCUT2D eigenvalue weighted by atomic mass is 16.2. The molecule has 0 aromatic carbocycles. The van der Waals surface area contributed by atoms with E-state index in [-0.39, 0.29) is 5.54 Å². The van der Waals surface area contributed by atoms with Crippen LogP contribution in [0.15, 0.2) is 0 Å². The lowest BCUT2D eigenvalue weighted by Crippen LogP contribution is -2.41. The van der Waals surface area contributed by atoms with E-state index in [1.807, 2.05) is 4.90 Å². The molecule has 15 heavy (non-hydrogen) atoms. The molecule has 1 unspecified atom stereocenters. The molecule has 1 amide bonds. The molecule has 0 aromatic heterocycles. The Hall–Kier alpha value is -0.570. The third-order valence-corrected chi connectivity index (χ3v) is 4.23. The zero-order chi connectivity index (χ0) is 11.1. The third-order valence-electron chi connectivity index (χ3n) is 4.23. The minimum absolute atomic E-state index is 0.125. The molecule has 3 heteroatoms. The highest BCUT2D eigenvalue weighted by Gasteiger charge is 2.56. The fourth-order valence-corrected chi connectivity index (χ4v) is 2.73. The molecular formula is C12H22N2O. The predicted octanol–water partition coefficient (Wildman–Crippen LogP) is 1.73. The van der Waals surface area contributed by atoms with Crippen molar-refractivity contribution in [1.29, 1.82) is 0 Å². The van der Waals surface area contributed by atoms with Gasteiger partial charge in [-0.15, -0.1) is 0 Å². The summed E-state index contributed by atoms with van der Waals surface area (Å²) < 4.78 is 0. The lowest BCUT2D eigenvalue weighted by molar-refractivity contribution is -0.132. The van der Waals surface area contributed by atoms with E-state index < -0.39 is 0 Å². The standard InChI is InChI=1S/C12H22N2O/c1-4-10(5-2)9(3)14-8-13-12(6-7-12)11(14)15/h9-10,13H,4-8H2,1-3H3. The van der Waals surface area contributed by atoms with Crippen molar-refractivity contribution >= 4 is 5.91 Å². The summed E-state index contributed by atoms with van der Waals surface area (Å²) in [6.07, 6.45) is 4.40. The summed E-state index contributed by atoms with van der Waals surface area (Å²) in [5, 5.41) is 3.37. The second-order valence-electron chi connectivity index (χ2n) is 5.01. The molecule has 1 aliphatic carbocycles. The molecule has 0 bridgehead atoms. The molecule has 2 aliphatic rings. The molecule has 3 nitrogen and oxygen atoms in total. The predicted molar refractivity (Wildman–Crippen MR) is 60.3 cm³/mol. The number of nitrogens with zero attached hydrogens (tertiary/aromatic N) is 1. The molecule has 1 heterocycles. The van der Waals surface area contributed by atoms with Crippen LogP contribution in [0, 0.1) is 5.92 Å². The largest absolute Gasteiger partial charge is 0.325 e. The summed E-state index contributed by atoms with van der Waals surface area (Å²) in [5.41, 5.74) is -0.125. The van der Waals surface area contributed by atoms with Gasteiger partial charge in [0.05, 0.1) is 12.2 Å². The van der Waals surface area contributed by atoms with Gasteiger partial charge in [-0.2, -0.15) is 0 Å². The fraction of sp³-hybridized carbons (Fsp3) is 0.917. The average Bonchev–Trinajstić information content (AvgIpc) is 2.93. The van der Waals surface area contributed by atoms with Crippen molar-refractivity contribution in [2.75, 3.05) is 6.67 Å². The van der Waals surface area contributed by atoms with Crippen molar-refractivity contribution in [3.8, 4) is 0 Å². The quantitative estimate of drug-likeness (QED) is 0.766. The molecule has 1 N–H and O–H groups in total. The van der Waals surface area contributed by atoms with Gasteiger partial charge in [0.1, 0.15) is 0 Å². The van der Waals surface area contributed by atoms with Crippen molar-refractivity contribution < 1.29 is 4.79 Å². The Morgan fingerprint density at radius 1 is 1.40 bits per heavy atom. The van der Waals surface area contributed by atoms with Gasteiger partial charge in [-0.3, -0.25) is 10.1 Å². The van der Waals surface area contributed by atoms with E-state index in [0.717, 1.165) is 32.4 Å². The van der Waals surface area contributed by atoms with E-state index in [0.29, 0.717) is 17.9 Å². The van der Waals surface area contributed by atoms with Crippen LogP contribution in [0.4, 0.5) is 0 Å². The Balaban J connectivity index is 2.02. The van der Waals surface area contributed by atoms with Crippen LogP contribution in [0.1, 0.15) is 46.5 Å². The number of hydrogen-bond donors (Lipinski definition) is 1. The molecule has 1 saturated heterocycles. The molecule has 86 valence electrons. The molecule has 1 aliphatic heterocycles. The fourth-order valence-electron chi connectivity index (χ4n) is 2.73. The number of carbonyl (C=O) groups excluding carboxylic acids is 1. The molecule has 1 spiro atoms. The van der Waals surface area contributed by atoms with Crippen LogP contribution in [-0.4, -0.2) is 29.1 Å². The van der Waals surface area contributed by atoms with Gasteiger partial charge in [-0.25, -0.2) is 0 Å². The first-order valence-electron chi connectivity index (χ1n) is 6.20. The number of nitrogens with one attached hydrogen (secondary N) is 1. The van der Waals surface area contributed by atoms with Crippen LogP contribution in [0.25, 0.3) is 0 Å². The first-order chi connectivity index (χ1) is 7.14. The van der Waals surface area contributed by atoms with Crippen molar-refractivity contribution in [3.63, 3.8) is 0 Å². The highest BCUT2D eigenvalue weighted by molar-refractivity contribution is 5.91. The van der Waals surface area contributed by atoms with Crippen LogP contribution >= 0.6 is 0 Å². The molecule has 1 atom stereocenters. The van der Waals surface area contributed by atoms with Gasteiger partial charge in [0.2, 0.25) is 5.91 Å².